The van der Waals surface area contributed by atoms with Crippen molar-refractivity contribution < 1.29 is 18.3 Å². The number of rotatable bonds is 7. The molecule has 3 fully saturated rings. The minimum absolute atomic E-state index is 0.0183. The maximum absolute atomic E-state index is 14.8. The van der Waals surface area contributed by atoms with Crippen molar-refractivity contribution in [3.8, 4) is 0 Å². The van der Waals surface area contributed by atoms with Gasteiger partial charge in [-0.3, -0.25) is 9.69 Å². The molecule has 1 amide bonds. The number of piperidine rings is 2. The highest BCUT2D eigenvalue weighted by Gasteiger charge is 2.38. The van der Waals surface area contributed by atoms with Gasteiger partial charge in [-0.1, -0.05) is 37.8 Å². The highest BCUT2D eigenvalue weighted by Crippen LogP contribution is 2.32. The molecule has 1 unspecified atom stereocenters. The van der Waals surface area contributed by atoms with Crippen LogP contribution in [0.25, 0.3) is 0 Å². The molecule has 1 aromatic rings. The van der Waals surface area contributed by atoms with Crippen molar-refractivity contribution in [3.05, 3.63) is 95.1 Å². The minimum atomic E-state index is -0.504. The van der Waals surface area contributed by atoms with E-state index < -0.39 is 5.83 Å². The van der Waals surface area contributed by atoms with Crippen molar-refractivity contribution in [2.75, 3.05) is 19.6 Å². The molecule has 0 radical (unpaired) electrons. The van der Waals surface area contributed by atoms with Crippen molar-refractivity contribution in [2.24, 2.45) is 0 Å². The van der Waals surface area contributed by atoms with Crippen LogP contribution in [0.5, 0.6) is 0 Å². The normalized spacial score (nSPS) is 24.1. The number of amides is 1. The third-order valence-electron chi connectivity index (χ3n) is 7.01. The fourth-order valence-corrected chi connectivity index (χ4v) is 4.98. The minimum Gasteiger partial charge on any atom is -0.496 e. The lowest BCUT2D eigenvalue weighted by Crippen LogP contribution is -2.43. The monoisotopic (exact) mass is 495 g/mol. The van der Waals surface area contributed by atoms with Crippen molar-refractivity contribution >= 4 is 5.91 Å². The van der Waals surface area contributed by atoms with Crippen LogP contribution in [0.1, 0.15) is 50.2 Å². The van der Waals surface area contributed by atoms with Crippen LogP contribution in [0.15, 0.2) is 78.1 Å². The first-order valence-electron chi connectivity index (χ1n) is 12.6. The first-order chi connectivity index (χ1) is 17.4. The fourth-order valence-electron chi connectivity index (χ4n) is 4.98. The van der Waals surface area contributed by atoms with Crippen LogP contribution >= 0.6 is 0 Å². The third-order valence-corrected chi connectivity index (χ3v) is 7.01. The molecule has 0 bridgehead atoms. The molecule has 1 N–H and O–H groups in total. The van der Waals surface area contributed by atoms with E-state index in [1.165, 1.54) is 37.7 Å². The maximum atomic E-state index is 14.8. The average Bonchev–Trinajstić information content (AvgIpc) is 3.15. The van der Waals surface area contributed by atoms with Crippen LogP contribution in [0, 0.1) is 5.82 Å². The summed E-state index contributed by atoms with van der Waals surface area (Å²) in [4.78, 5) is 17.2. The second kappa shape index (κ2) is 11.7. The van der Waals surface area contributed by atoms with Gasteiger partial charge in [0.15, 0.2) is 0 Å². The zero-order valence-electron chi connectivity index (χ0n) is 21.0. The number of allylic oxidation sites excluding steroid dienone is 4. The summed E-state index contributed by atoms with van der Waals surface area (Å²) in [7, 11) is 0. The van der Waals surface area contributed by atoms with Gasteiger partial charge in [0.2, 0.25) is 0 Å². The molecule has 36 heavy (non-hydrogen) atoms. The second-order valence-corrected chi connectivity index (χ2v) is 9.69. The Morgan fingerprint density at radius 2 is 2.03 bits per heavy atom. The van der Waals surface area contributed by atoms with Crippen molar-refractivity contribution in [1.29, 1.82) is 0 Å². The van der Waals surface area contributed by atoms with Crippen LogP contribution in [0.2, 0.25) is 0 Å². The molecule has 0 spiro atoms. The van der Waals surface area contributed by atoms with E-state index in [0.29, 0.717) is 23.3 Å². The van der Waals surface area contributed by atoms with Gasteiger partial charge >= 0.3 is 0 Å². The Hall–Kier alpha value is -3.19. The smallest absolute Gasteiger partial charge is 0.255 e. The maximum Gasteiger partial charge on any atom is 0.255 e. The Labute approximate surface area is 212 Å². The molecule has 1 aromatic carbocycles. The molecule has 192 valence electrons. The number of hydrogen-bond acceptors (Lipinski definition) is 4. The van der Waals surface area contributed by atoms with E-state index >= 15 is 0 Å². The number of ether oxygens (including phenoxy) is 1. The lowest BCUT2D eigenvalue weighted by Gasteiger charge is -2.34. The van der Waals surface area contributed by atoms with Crippen LogP contribution < -0.4 is 5.32 Å². The predicted molar refractivity (Wildman–Crippen MR) is 137 cm³/mol. The fraction of sp³-hybridized carbons (Fsp3) is 0.414. The first-order valence-corrected chi connectivity index (χ1v) is 12.6. The summed E-state index contributed by atoms with van der Waals surface area (Å²) in [6.07, 6.45) is 9.04. The molecule has 1 atom stereocenters. The van der Waals surface area contributed by atoms with E-state index in [2.05, 4.69) is 23.4 Å². The van der Waals surface area contributed by atoms with Gasteiger partial charge in [-0.25, -0.2) is 8.78 Å². The summed E-state index contributed by atoms with van der Waals surface area (Å²) in [5, 5.41) is 3.13. The molecule has 4 rings (SSSR count). The molecule has 5 nitrogen and oxygen atoms in total. The molecule has 3 aliphatic heterocycles. The van der Waals surface area contributed by atoms with E-state index in [1.54, 1.807) is 24.0 Å². The van der Waals surface area contributed by atoms with Gasteiger partial charge in [-0.05, 0) is 63.4 Å². The van der Waals surface area contributed by atoms with Gasteiger partial charge in [0.1, 0.15) is 18.3 Å². The summed E-state index contributed by atoms with van der Waals surface area (Å²) >= 11 is 0. The van der Waals surface area contributed by atoms with Gasteiger partial charge < -0.3 is 15.0 Å². The summed E-state index contributed by atoms with van der Waals surface area (Å²) in [6.45, 7) is 12.7. The number of likely N-dealkylation sites (tertiary alicyclic amines) is 2. The van der Waals surface area contributed by atoms with Gasteiger partial charge in [-0.15, -0.1) is 0 Å². The molecule has 7 heteroatoms. The largest absolute Gasteiger partial charge is 0.496 e. The van der Waals surface area contributed by atoms with E-state index in [4.69, 9.17) is 4.74 Å². The number of benzene rings is 1. The zero-order valence-corrected chi connectivity index (χ0v) is 21.0. The summed E-state index contributed by atoms with van der Waals surface area (Å²) in [5.74, 6) is -1.10. The number of carbonyl (C=O) groups excluding carboxylic acids is 1. The Balaban J connectivity index is 1.45. The summed E-state index contributed by atoms with van der Waals surface area (Å²) in [5.41, 5.74) is 3.73. The van der Waals surface area contributed by atoms with E-state index in [-0.39, 0.29) is 36.5 Å². The molecule has 0 saturated carbocycles. The van der Waals surface area contributed by atoms with Crippen LogP contribution in [-0.2, 0) is 22.7 Å². The van der Waals surface area contributed by atoms with Crippen molar-refractivity contribution in [3.63, 3.8) is 0 Å². The van der Waals surface area contributed by atoms with Gasteiger partial charge in [0.05, 0.1) is 24.4 Å². The molecule has 3 aliphatic rings. The number of halogens is 2. The quantitative estimate of drug-likeness (QED) is 0.393. The summed E-state index contributed by atoms with van der Waals surface area (Å²) in [6, 6.07) is 5.03. The van der Waals surface area contributed by atoms with Gasteiger partial charge in [0.25, 0.3) is 5.91 Å². The molecular weight excluding hydrogens is 460 g/mol. The molecular formula is C29H35F2N3O2. The second-order valence-electron chi connectivity index (χ2n) is 9.69. The van der Waals surface area contributed by atoms with Crippen LogP contribution in [0.4, 0.5) is 8.78 Å². The lowest BCUT2D eigenvalue weighted by atomic mass is 10.0. The Morgan fingerprint density at radius 1 is 1.25 bits per heavy atom. The zero-order chi connectivity index (χ0) is 25.7. The average molecular weight is 496 g/mol. The molecule has 3 heterocycles. The number of nitrogens with one attached hydrogen (secondary N) is 1. The van der Waals surface area contributed by atoms with Crippen molar-refractivity contribution in [1.82, 2.24) is 15.1 Å². The highest BCUT2D eigenvalue weighted by molar-refractivity contribution is 6.02. The lowest BCUT2D eigenvalue weighted by molar-refractivity contribution is -0.126. The molecule has 0 aromatic heterocycles. The SMILES string of the molecule is C=C1CCC(N2CC(=C\OCc3ccc(CN4CCCCC4)cc3F)/C(=C\C(F)=C/C)C2=O)C(=C)N1. The standard InChI is InChI=1S/C29H35F2N3O2/c1-4-25(30)15-26-24(17-34(29(26)35)28-11-8-20(2)32-21(28)3)19-36-18-23-10-9-22(14-27(23)31)16-33-12-6-5-7-13-33/h4,9-10,14-15,19,28,32H,2-3,5-8,11-13,16-18H2,1H3/b24-19+,25-4+,26-15+. The van der Waals surface area contributed by atoms with Gasteiger partial charge in [-0.2, -0.15) is 0 Å². The Morgan fingerprint density at radius 3 is 2.72 bits per heavy atom. The Bertz CT molecular complexity index is 1120. The number of nitrogens with zero attached hydrogens (tertiary/aromatic N) is 2. The summed E-state index contributed by atoms with van der Waals surface area (Å²) < 4.78 is 34.6. The third kappa shape index (κ3) is 6.13. The number of hydrogen-bond donors (Lipinski definition) is 1. The first kappa shape index (κ1) is 25.9. The van der Waals surface area contributed by atoms with Gasteiger partial charge in [0, 0.05) is 29.1 Å². The van der Waals surface area contributed by atoms with Crippen LogP contribution in [0.3, 0.4) is 0 Å². The van der Waals surface area contributed by atoms with E-state index in [1.807, 2.05) is 6.07 Å². The predicted octanol–water partition coefficient (Wildman–Crippen LogP) is 5.63. The van der Waals surface area contributed by atoms with Crippen molar-refractivity contribution in [2.45, 2.75) is 58.2 Å². The van der Waals surface area contributed by atoms with E-state index in [9.17, 15) is 13.6 Å². The highest BCUT2D eigenvalue weighted by atomic mass is 19.1. The topological polar surface area (TPSA) is 44.8 Å². The van der Waals surface area contributed by atoms with Crippen LogP contribution in [-0.4, -0.2) is 41.4 Å². The molecule has 0 aliphatic carbocycles. The number of carbonyl (C=O) groups is 1. The van der Waals surface area contributed by atoms with E-state index in [0.717, 1.165) is 37.3 Å². The molecule has 3 saturated heterocycles. The Kier molecular flexibility index (Phi) is 8.41.